The van der Waals surface area contributed by atoms with E-state index in [1.165, 1.54) is 0 Å². The standard InChI is InChI=1S/C16H15N5O2/c22-14(11-23-13-9-5-2-6-10-13)17-15(16-18-20-21-19-16)12-7-3-1-4-8-12/h1-10,15H,11H2,(H,17,22)(H,18,19,20,21)/t15-/m1/s1. The van der Waals surface area contributed by atoms with E-state index in [1.54, 1.807) is 12.1 Å². The highest BCUT2D eigenvalue weighted by atomic mass is 16.5. The number of nitrogens with one attached hydrogen (secondary N) is 2. The Hall–Kier alpha value is -3.22. The number of carbonyl (C=O) groups is 1. The highest BCUT2D eigenvalue weighted by Gasteiger charge is 2.20. The Kier molecular flexibility index (Phi) is 4.58. The van der Waals surface area contributed by atoms with Gasteiger partial charge in [0.05, 0.1) is 0 Å². The summed E-state index contributed by atoms with van der Waals surface area (Å²) in [5.74, 6) is 0.759. The third-order valence-corrected chi connectivity index (χ3v) is 3.17. The zero-order valence-electron chi connectivity index (χ0n) is 12.2. The smallest absolute Gasteiger partial charge is 0.258 e. The molecule has 7 nitrogen and oxygen atoms in total. The number of ether oxygens (including phenoxy) is 1. The summed E-state index contributed by atoms with van der Waals surface area (Å²) in [6.07, 6.45) is 0. The van der Waals surface area contributed by atoms with Gasteiger partial charge in [-0.25, -0.2) is 0 Å². The lowest BCUT2D eigenvalue weighted by Gasteiger charge is -2.16. The number of aromatic nitrogens is 4. The van der Waals surface area contributed by atoms with Crippen molar-refractivity contribution in [2.24, 2.45) is 0 Å². The van der Waals surface area contributed by atoms with Crippen LogP contribution in [-0.4, -0.2) is 33.1 Å². The van der Waals surface area contributed by atoms with E-state index >= 15 is 0 Å². The van der Waals surface area contributed by atoms with Gasteiger partial charge in [-0.05, 0) is 17.7 Å². The second kappa shape index (κ2) is 7.17. The molecule has 0 aliphatic heterocycles. The fourth-order valence-corrected chi connectivity index (χ4v) is 2.10. The zero-order valence-corrected chi connectivity index (χ0v) is 12.2. The van der Waals surface area contributed by atoms with Gasteiger partial charge in [0.1, 0.15) is 11.8 Å². The fourth-order valence-electron chi connectivity index (χ4n) is 2.10. The molecule has 0 fully saturated rings. The van der Waals surface area contributed by atoms with Gasteiger partial charge in [-0.2, -0.15) is 5.21 Å². The number of aromatic amines is 1. The fraction of sp³-hybridized carbons (Fsp3) is 0.125. The van der Waals surface area contributed by atoms with E-state index in [0.29, 0.717) is 11.6 Å². The third kappa shape index (κ3) is 3.91. The maximum Gasteiger partial charge on any atom is 0.258 e. The predicted molar refractivity (Wildman–Crippen MR) is 82.5 cm³/mol. The maximum absolute atomic E-state index is 12.2. The number of nitrogens with zero attached hydrogens (tertiary/aromatic N) is 3. The molecule has 1 atom stereocenters. The Balaban J connectivity index is 1.68. The minimum atomic E-state index is -0.484. The number of hydrogen-bond donors (Lipinski definition) is 2. The largest absolute Gasteiger partial charge is 0.484 e. The average Bonchev–Trinajstić information content (AvgIpc) is 3.14. The first-order valence-electron chi connectivity index (χ1n) is 7.08. The molecule has 23 heavy (non-hydrogen) atoms. The van der Waals surface area contributed by atoms with E-state index in [1.807, 2.05) is 48.5 Å². The van der Waals surface area contributed by atoms with Crippen molar-refractivity contribution in [3.63, 3.8) is 0 Å². The van der Waals surface area contributed by atoms with Crippen LogP contribution in [0.15, 0.2) is 60.7 Å². The van der Waals surface area contributed by atoms with Crippen molar-refractivity contribution >= 4 is 5.91 Å². The third-order valence-electron chi connectivity index (χ3n) is 3.17. The summed E-state index contributed by atoms with van der Waals surface area (Å²) in [7, 11) is 0. The number of tetrazole rings is 1. The summed E-state index contributed by atoms with van der Waals surface area (Å²) < 4.78 is 5.45. The van der Waals surface area contributed by atoms with Gasteiger partial charge in [0, 0.05) is 0 Å². The minimum absolute atomic E-state index is 0.0921. The topological polar surface area (TPSA) is 92.8 Å². The Bertz CT molecular complexity index is 732. The van der Waals surface area contributed by atoms with E-state index < -0.39 is 6.04 Å². The highest BCUT2D eigenvalue weighted by molar-refractivity contribution is 5.78. The molecule has 1 amide bonds. The number of amides is 1. The number of benzene rings is 2. The lowest BCUT2D eigenvalue weighted by atomic mass is 10.1. The molecule has 116 valence electrons. The van der Waals surface area contributed by atoms with E-state index in [0.717, 1.165) is 5.56 Å². The summed E-state index contributed by atoms with van der Waals surface area (Å²) in [5, 5.41) is 16.7. The molecule has 2 N–H and O–H groups in total. The van der Waals surface area contributed by atoms with Crippen molar-refractivity contribution in [3.8, 4) is 5.75 Å². The lowest BCUT2D eigenvalue weighted by Crippen LogP contribution is -2.33. The SMILES string of the molecule is O=C(COc1ccccc1)N[C@H](c1ccccc1)c1nn[nH]n1. The van der Waals surface area contributed by atoms with Crippen LogP contribution in [-0.2, 0) is 4.79 Å². The normalized spacial score (nSPS) is 11.7. The molecule has 3 rings (SSSR count). The van der Waals surface area contributed by atoms with Crippen LogP contribution in [0.4, 0.5) is 0 Å². The van der Waals surface area contributed by atoms with Crippen molar-refractivity contribution in [1.29, 1.82) is 0 Å². The first kappa shape index (κ1) is 14.7. The van der Waals surface area contributed by atoms with Gasteiger partial charge in [0.15, 0.2) is 6.61 Å². The van der Waals surface area contributed by atoms with Crippen LogP contribution in [0.5, 0.6) is 5.75 Å². The second-order valence-electron chi connectivity index (χ2n) is 4.78. The molecule has 7 heteroatoms. The van der Waals surface area contributed by atoms with Crippen molar-refractivity contribution in [1.82, 2.24) is 25.9 Å². The van der Waals surface area contributed by atoms with Gasteiger partial charge in [0.2, 0.25) is 5.82 Å². The molecule has 0 unspecified atom stereocenters. The Morgan fingerprint density at radius 3 is 2.43 bits per heavy atom. The van der Waals surface area contributed by atoms with Gasteiger partial charge in [-0.1, -0.05) is 53.7 Å². The lowest BCUT2D eigenvalue weighted by molar-refractivity contribution is -0.123. The number of H-pyrrole nitrogens is 1. The molecule has 1 heterocycles. The van der Waals surface area contributed by atoms with E-state index in [9.17, 15) is 4.79 Å². The Morgan fingerprint density at radius 1 is 1.09 bits per heavy atom. The molecule has 0 aliphatic carbocycles. The van der Waals surface area contributed by atoms with Crippen molar-refractivity contribution < 1.29 is 9.53 Å². The number of hydrogen-bond acceptors (Lipinski definition) is 5. The van der Waals surface area contributed by atoms with Crippen LogP contribution in [0.2, 0.25) is 0 Å². The van der Waals surface area contributed by atoms with Gasteiger partial charge < -0.3 is 10.1 Å². The molecule has 2 aromatic carbocycles. The zero-order chi connectivity index (χ0) is 15.9. The molecular weight excluding hydrogens is 294 g/mol. The molecule has 0 radical (unpaired) electrons. The Morgan fingerprint density at radius 2 is 1.78 bits per heavy atom. The van der Waals surface area contributed by atoms with E-state index in [2.05, 4.69) is 25.9 Å². The van der Waals surface area contributed by atoms with Crippen molar-refractivity contribution in [2.75, 3.05) is 6.61 Å². The van der Waals surface area contributed by atoms with Crippen LogP contribution in [0.3, 0.4) is 0 Å². The van der Waals surface area contributed by atoms with Crippen LogP contribution in [0.25, 0.3) is 0 Å². The molecule has 0 saturated carbocycles. The molecule has 0 spiro atoms. The van der Waals surface area contributed by atoms with Crippen LogP contribution < -0.4 is 10.1 Å². The van der Waals surface area contributed by atoms with Gasteiger partial charge in [-0.3, -0.25) is 4.79 Å². The van der Waals surface area contributed by atoms with E-state index in [-0.39, 0.29) is 12.5 Å². The monoisotopic (exact) mass is 309 g/mol. The summed E-state index contributed by atoms with van der Waals surface area (Å²) in [4.78, 5) is 12.2. The van der Waals surface area contributed by atoms with Crippen molar-refractivity contribution in [3.05, 3.63) is 72.1 Å². The first-order valence-corrected chi connectivity index (χ1v) is 7.08. The maximum atomic E-state index is 12.2. The minimum Gasteiger partial charge on any atom is -0.484 e. The van der Waals surface area contributed by atoms with Crippen molar-refractivity contribution in [2.45, 2.75) is 6.04 Å². The van der Waals surface area contributed by atoms with Crippen LogP contribution >= 0.6 is 0 Å². The molecule has 0 aliphatic rings. The summed E-state index contributed by atoms with van der Waals surface area (Å²) >= 11 is 0. The summed E-state index contributed by atoms with van der Waals surface area (Å²) in [5.41, 5.74) is 0.863. The quantitative estimate of drug-likeness (QED) is 0.719. The summed E-state index contributed by atoms with van der Waals surface area (Å²) in [6.45, 7) is -0.0921. The summed E-state index contributed by atoms with van der Waals surface area (Å²) in [6, 6.07) is 18.1. The van der Waals surface area contributed by atoms with Crippen LogP contribution in [0, 0.1) is 0 Å². The highest BCUT2D eigenvalue weighted by Crippen LogP contribution is 2.17. The van der Waals surface area contributed by atoms with Gasteiger partial charge >= 0.3 is 0 Å². The molecule has 0 bridgehead atoms. The molecule has 3 aromatic rings. The van der Waals surface area contributed by atoms with Gasteiger partial charge in [0.25, 0.3) is 5.91 Å². The second-order valence-corrected chi connectivity index (χ2v) is 4.78. The number of rotatable bonds is 6. The molecule has 1 aromatic heterocycles. The first-order chi connectivity index (χ1) is 11.3. The van der Waals surface area contributed by atoms with Gasteiger partial charge in [-0.15, -0.1) is 10.2 Å². The predicted octanol–water partition coefficient (Wildman–Crippen LogP) is 1.48. The molecule has 0 saturated heterocycles. The number of para-hydroxylation sites is 1. The molecular formula is C16H15N5O2. The van der Waals surface area contributed by atoms with Crippen LogP contribution in [0.1, 0.15) is 17.4 Å². The number of carbonyl (C=O) groups excluding carboxylic acids is 1. The average molecular weight is 309 g/mol. The Labute approximate surface area is 132 Å². The van der Waals surface area contributed by atoms with E-state index in [4.69, 9.17) is 4.74 Å².